The molecule has 0 amide bonds. The van der Waals surface area contributed by atoms with Crippen molar-refractivity contribution in [3.63, 3.8) is 0 Å². The van der Waals surface area contributed by atoms with Crippen LogP contribution in [0, 0.1) is 17.2 Å². The maximum Gasteiger partial charge on any atom is 0.107 e. The van der Waals surface area contributed by atoms with Gasteiger partial charge >= 0.3 is 0 Å². The molecule has 3 aromatic rings. The number of hydrogen-bond acceptors (Lipinski definition) is 5. The maximum absolute atomic E-state index is 9.26. The summed E-state index contributed by atoms with van der Waals surface area (Å²) in [6, 6.07) is 7.65. The minimum Gasteiger partial charge on any atom is -0.306 e. The highest BCUT2D eigenvalue weighted by atomic mass is 15.3. The molecule has 0 saturated carbocycles. The van der Waals surface area contributed by atoms with E-state index in [-0.39, 0.29) is 0 Å². The molecule has 0 spiro atoms. The van der Waals surface area contributed by atoms with Crippen LogP contribution in [-0.4, -0.2) is 44.8 Å². The predicted octanol–water partition coefficient (Wildman–Crippen LogP) is 2.71. The molecule has 0 unspecified atom stereocenters. The highest BCUT2D eigenvalue weighted by Crippen LogP contribution is 2.22. The summed E-state index contributed by atoms with van der Waals surface area (Å²) in [5, 5.41) is 13.8. The first-order valence-electron chi connectivity index (χ1n) is 8.60. The lowest BCUT2D eigenvalue weighted by atomic mass is 9.97. The van der Waals surface area contributed by atoms with E-state index in [9.17, 15) is 5.26 Å². The van der Waals surface area contributed by atoms with Crippen molar-refractivity contribution in [1.29, 1.82) is 5.26 Å². The van der Waals surface area contributed by atoms with E-state index in [0.29, 0.717) is 17.0 Å². The summed E-state index contributed by atoms with van der Waals surface area (Å²) in [4.78, 5) is 11.5. The molecule has 6 heteroatoms. The Bertz CT molecular complexity index is 930. The number of para-hydroxylation sites is 1. The van der Waals surface area contributed by atoms with Crippen LogP contribution in [0.1, 0.15) is 18.4 Å². The van der Waals surface area contributed by atoms with Crippen molar-refractivity contribution in [1.82, 2.24) is 24.6 Å². The van der Waals surface area contributed by atoms with Gasteiger partial charge in [-0.15, -0.1) is 0 Å². The van der Waals surface area contributed by atoms with Crippen LogP contribution in [0.25, 0.3) is 22.3 Å². The Balaban J connectivity index is 1.57. The third kappa shape index (κ3) is 3.24. The smallest absolute Gasteiger partial charge is 0.107 e. The van der Waals surface area contributed by atoms with E-state index >= 15 is 0 Å². The monoisotopic (exact) mass is 332 g/mol. The van der Waals surface area contributed by atoms with Crippen molar-refractivity contribution in [3.8, 4) is 17.3 Å². The standard InChI is InChI=1S/C19H20N6/c1-24-7-5-14(6-8-24)12-25-13-16(10-22-25)18-11-21-17-4-2-3-15(9-20)19(17)23-18/h2-4,10-11,13-14H,5-8,12H2,1H3. The molecule has 0 atom stereocenters. The van der Waals surface area contributed by atoms with Gasteiger partial charge in [0.2, 0.25) is 0 Å². The lowest BCUT2D eigenvalue weighted by molar-refractivity contribution is 0.201. The first-order chi connectivity index (χ1) is 12.2. The zero-order chi connectivity index (χ0) is 17.2. The van der Waals surface area contributed by atoms with Crippen LogP contribution in [0.3, 0.4) is 0 Å². The fourth-order valence-electron chi connectivity index (χ4n) is 3.37. The Morgan fingerprint density at radius 2 is 2.08 bits per heavy atom. The number of piperidine rings is 1. The molecule has 1 fully saturated rings. The van der Waals surface area contributed by atoms with Gasteiger partial charge in [0.1, 0.15) is 11.6 Å². The SMILES string of the molecule is CN1CCC(Cn2cc(-c3cnc4cccc(C#N)c4n3)cn2)CC1. The van der Waals surface area contributed by atoms with Crippen molar-refractivity contribution >= 4 is 11.0 Å². The molecule has 0 aliphatic carbocycles. The third-order valence-electron chi connectivity index (χ3n) is 4.91. The number of aromatic nitrogens is 4. The minimum atomic E-state index is 0.547. The summed E-state index contributed by atoms with van der Waals surface area (Å²) in [5.41, 5.74) is 3.62. The van der Waals surface area contributed by atoms with Crippen molar-refractivity contribution < 1.29 is 0 Å². The lowest BCUT2D eigenvalue weighted by Gasteiger charge is -2.28. The summed E-state index contributed by atoms with van der Waals surface area (Å²) in [5.74, 6) is 0.678. The summed E-state index contributed by atoms with van der Waals surface area (Å²) in [7, 11) is 2.18. The van der Waals surface area contributed by atoms with E-state index in [4.69, 9.17) is 0 Å². The van der Waals surface area contributed by atoms with E-state index in [1.54, 1.807) is 12.3 Å². The number of fused-ring (bicyclic) bond motifs is 1. The number of likely N-dealkylation sites (tertiary alicyclic amines) is 1. The Morgan fingerprint density at radius 1 is 1.24 bits per heavy atom. The number of rotatable bonds is 3. The summed E-state index contributed by atoms with van der Waals surface area (Å²) < 4.78 is 2.01. The average molecular weight is 332 g/mol. The quantitative estimate of drug-likeness (QED) is 0.737. The Morgan fingerprint density at radius 3 is 2.88 bits per heavy atom. The number of hydrogen-bond donors (Lipinski definition) is 0. The van der Waals surface area contributed by atoms with Gasteiger partial charge in [0.15, 0.2) is 0 Å². The highest BCUT2D eigenvalue weighted by Gasteiger charge is 2.17. The number of nitrogens with zero attached hydrogens (tertiary/aromatic N) is 6. The van der Waals surface area contributed by atoms with E-state index in [0.717, 1.165) is 36.4 Å². The molecule has 3 heterocycles. The second-order valence-corrected chi connectivity index (χ2v) is 6.74. The van der Waals surface area contributed by atoms with Gasteiger partial charge in [0, 0.05) is 18.3 Å². The molecule has 1 saturated heterocycles. The Labute approximate surface area is 146 Å². The Hall–Kier alpha value is -2.78. The van der Waals surface area contributed by atoms with E-state index < -0.39 is 0 Å². The predicted molar refractivity (Wildman–Crippen MR) is 95.7 cm³/mol. The summed E-state index contributed by atoms with van der Waals surface area (Å²) >= 11 is 0. The van der Waals surface area contributed by atoms with Crippen LogP contribution in [0.2, 0.25) is 0 Å². The van der Waals surface area contributed by atoms with E-state index in [2.05, 4.69) is 33.1 Å². The minimum absolute atomic E-state index is 0.547. The molecule has 2 aromatic heterocycles. The largest absolute Gasteiger partial charge is 0.306 e. The second kappa shape index (κ2) is 6.61. The fourth-order valence-corrected chi connectivity index (χ4v) is 3.37. The molecule has 1 aliphatic heterocycles. The zero-order valence-electron chi connectivity index (χ0n) is 14.3. The molecule has 1 aromatic carbocycles. The average Bonchev–Trinajstić information content (AvgIpc) is 3.11. The lowest BCUT2D eigenvalue weighted by Crippen LogP contribution is -2.31. The van der Waals surface area contributed by atoms with Crippen molar-refractivity contribution in [2.75, 3.05) is 20.1 Å². The van der Waals surface area contributed by atoms with Gasteiger partial charge in [-0.05, 0) is 51.0 Å². The Kier molecular flexibility index (Phi) is 4.16. The van der Waals surface area contributed by atoms with Gasteiger partial charge < -0.3 is 4.90 Å². The van der Waals surface area contributed by atoms with E-state index in [1.807, 2.05) is 29.2 Å². The van der Waals surface area contributed by atoms with Gasteiger partial charge in [-0.1, -0.05) is 6.07 Å². The van der Waals surface area contributed by atoms with Crippen LogP contribution < -0.4 is 0 Å². The molecule has 4 rings (SSSR count). The molecule has 1 aliphatic rings. The molecular weight excluding hydrogens is 312 g/mol. The molecule has 6 nitrogen and oxygen atoms in total. The molecule has 0 radical (unpaired) electrons. The summed E-state index contributed by atoms with van der Waals surface area (Å²) in [6.45, 7) is 3.26. The van der Waals surface area contributed by atoms with Crippen molar-refractivity contribution in [2.45, 2.75) is 19.4 Å². The molecule has 25 heavy (non-hydrogen) atoms. The van der Waals surface area contributed by atoms with Gasteiger partial charge in [0.05, 0.1) is 29.2 Å². The van der Waals surface area contributed by atoms with Crippen LogP contribution >= 0.6 is 0 Å². The van der Waals surface area contributed by atoms with Crippen LogP contribution in [0.15, 0.2) is 36.8 Å². The molecular formula is C19H20N6. The second-order valence-electron chi connectivity index (χ2n) is 6.74. The van der Waals surface area contributed by atoms with Crippen LogP contribution in [0.5, 0.6) is 0 Å². The first-order valence-corrected chi connectivity index (χ1v) is 8.60. The molecule has 0 bridgehead atoms. The first kappa shape index (κ1) is 15.7. The van der Waals surface area contributed by atoms with Crippen molar-refractivity contribution in [3.05, 3.63) is 42.4 Å². The van der Waals surface area contributed by atoms with Crippen LogP contribution in [0.4, 0.5) is 0 Å². The third-order valence-corrected chi connectivity index (χ3v) is 4.91. The van der Waals surface area contributed by atoms with Gasteiger partial charge in [-0.25, -0.2) is 4.98 Å². The van der Waals surface area contributed by atoms with Gasteiger partial charge in [-0.3, -0.25) is 9.67 Å². The van der Waals surface area contributed by atoms with Crippen molar-refractivity contribution in [2.24, 2.45) is 5.92 Å². The highest BCUT2D eigenvalue weighted by molar-refractivity contribution is 5.82. The van der Waals surface area contributed by atoms with Crippen LogP contribution in [-0.2, 0) is 6.54 Å². The summed E-state index contributed by atoms with van der Waals surface area (Å²) in [6.07, 6.45) is 8.04. The van der Waals surface area contributed by atoms with Gasteiger partial charge in [-0.2, -0.15) is 10.4 Å². The topological polar surface area (TPSA) is 70.6 Å². The van der Waals surface area contributed by atoms with Gasteiger partial charge in [0.25, 0.3) is 0 Å². The maximum atomic E-state index is 9.26. The molecule has 0 N–H and O–H groups in total. The molecule has 126 valence electrons. The van der Waals surface area contributed by atoms with E-state index in [1.165, 1.54) is 12.8 Å². The zero-order valence-corrected chi connectivity index (χ0v) is 14.3. The number of benzene rings is 1. The number of nitriles is 1. The normalized spacial score (nSPS) is 16.2. The fraction of sp³-hybridized carbons (Fsp3) is 0.368.